The largest absolute Gasteiger partial charge is 0.309 e. The molecule has 2 atom stereocenters. The Morgan fingerprint density at radius 2 is 2.00 bits per heavy atom. The van der Waals surface area contributed by atoms with Gasteiger partial charge in [-0.15, -0.1) is 0 Å². The summed E-state index contributed by atoms with van der Waals surface area (Å²) in [5.41, 5.74) is 0.0661. The number of amides is 2. The molecule has 2 unspecified atom stereocenters. The zero-order chi connectivity index (χ0) is 15.5. The molecule has 1 aliphatic rings. The Kier molecular flexibility index (Phi) is 5.71. The van der Waals surface area contributed by atoms with Crippen LogP contribution in [0.25, 0.3) is 0 Å². The quantitative estimate of drug-likeness (QED) is 0.711. The summed E-state index contributed by atoms with van der Waals surface area (Å²) >= 11 is 0. The minimum absolute atomic E-state index is 0.00316. The Hall–Kier alpha value is -0.940. The highest BCUT2D eigenvalue weighted by Gasteiger charge is 2.40. The maximum Gasteiger partial charge on any atom is 0.247 e. The molecule has 0 radical (unpaired) electrons. The molecular formula is C15H29N3O2. The van der Waals surface area contributed by atoms with Gasteiger partial charge in [0.15, 0.2) is 0 Å². The van der Waals surface area contributed by atoms with Crippen molar-refractivity contribution in [3.05, 3.63) is 0 Å². The van der Waals surface area contributed by atoms with Crippen LogP contribution < -0.4 is 5.32 Å². The van der Waals surface area contributed by atoms with E-state index in [1.165, 1.54) is 4.90 Å². The van der Waals surface area contributed by atoms with Crippen LogP contribution in [0.5, 0.6) is 0 Å². The number of hydrogen-bond acceptors (Lipinski definition) is 4. The lowest BCUT2D eigenvalue weighted by Crippen LogP contribution is -2.46. The van der Waals surface area contributed by atoms with Crippen molar-refractivity contribution in [3.63, 3.8) is 0 Å². The van der Waals surface area contributed by atoms with E-state index in [0.717, 1.165) is 19.5 Å². The molecular weight excluding hydrogens is 254 g/mol. The van der Waals surface area contributed by atoms with Crippen LogP contribution in [0.2, 0.25) is 0 Å². The zero-order valence-electron chi connectivity index (χ0n) is 13.7. The molecule has 1 N–H and O–H groups in total. The van der Waals surface area contributed by atoms with Gasteiger partial charge in [-0.25, -0.2) is 0 Å². The third-order valence-electron chi connectivity index (χ3n) is 3.79. The van der Waals surface area contributed by atoms with E-state index in [1.807, 2.05) is 27.9 Å². The summed E-state index contributed by atoms with van der Waals surface area (Å²) in [4.78, 5) is 27.8. The number of carbonyl (C=O) groups is 2. The van der Waals surface area contributed by atoms with Gasteiger partial charge in [0.25, 0.3) is 0 Å². The molecule has 1 saturated heterocycles. The molecule has 2 amide bonds. The fourth-order valence-electron chi connectivity index (χ4n) is 2.77. The third kappa shape index (κ3) is 4.28. The van der Waals surface area contributed by atoms with Gasteiger partial charge in [-0.1, -0.05) is 20.8 Å². The van der Waals surface area contributed by atoms with Gasteiger partial charge in [0, 0.05) is 19.1 Å². The second-order valence-corrected chi connectivity index (χ2v) is 6.90. The fourth-order valence-corrected chi connectivity index (χ4v) is 2.77. The van der Waals surface area contributed by atoms with Crippen molar-refractivity contribution in [2.24, 2.45) is 5.41 Å². The molecule has 1 aliphatic heterocycles. The standard InChI is InChI=1S/C15H29N3O2/c1-7-11(2)18-13(19)8-12(14(18)20)16-9-15(3,4)10-17(5)6/h11-12,16H,7-10H2,1-6H3. The monoisotopic (exact) mass is 283 g/mol. The van der Waals surface area contributed by atoms with Gasteiger partial charge in [-0.3, -0.25) is 14.5 Å². The van der Waals surface area contributed by atoms with E-state index in [2.05, 4.69) is 24.1 Å². The van der Waals surface area contributed by atoms with E-state index in [1.54, 1.807) is 0 Å². The van der Waals surface area contributed by atoms with E-state index < -0.39 is 0 Å². The average molecular weight is 283 g/mol. The highest BCUT2D eigenvalue weighted by molar-refractivity contribution is 6.05. The minimum Gasteiger partial charge on any atom is -0.309 e. The molecule has 0 aromatic carbocycles. The number of rotatable bonds is 7. The minimum atomic E-state index is -0.349. The van der Waals surface area contributed by atoms with Crippen LogP contribution >= 0.6 is 0 Å². The SMILES string of the molecule is CCC(C)N1C(=O)CC(NCC(C)(C)CN(C)C)C1=O. The number of nitrogens with zero attached hydrogens (tertiary/aromatic N) is 2. The van der Waals surface area contributed by atoms with Crippen LogP contribution in [0.3, 0.4) is 0 Å². The molecule has 0 aromatic heterocycles. The Balaban J connectivity index is 2.58. The zero-order valence-corrected chi connectivity index (χ0v) is 13.7. The molecule has 1 fully saturated rings. The lowest BCUT2D eigenvalue weighted by Gasteiger charge is -2.29. The molecule has 5 heteroatoms. The van der Waals surface area contributed by atoms with Crippen molar-refractivity contribution >= 4 is 11.8 Å². The van der Waals surface area contributed by atoms with Gasteiger partial charge in [0.1, 0.15) is 0 Å². The molecule has 0 aliphatic carbocycles. The number of hydrogen-bond donors (Lipinski definition) is 1. The number of imide groups is 1. The summed E-state index contributed by atoms with van der Waals surface area (Å²) in [6.07, 6.45) is 1.09. The van der Waals surface area contributed by atoms with Crippen molar-refractivity contribution in [1.29, 1.82) is 0 Å². The molecule has 0 aromatic rings. The second-order valence-electron chi connectivity index (χ2n) is 6.90. The van der Waals surface area contributed by atoms with Crippen LogP contribution in [0.4, 0.5) is 0 Å². The van der Waals surface area contributed by atoms with Gasteiger partial charge in [0.05, 0.1) is 12.5 Å². The summed E-state index contributed by atoms with van der Waals surface area (Å²) in [6.45, 7) is 9.90. The molecule has 1 heterocycles. The summed E-state index contributed by atoms with van der Waals surface area (Å²) in [5.74, 6) is -0.114. The van der Waals surface area contributed by atoms with Crippen molar-refractivity contribution < 1.29 is 9.59 Å². The summed E-state index contributed by atoms with van der Waals surface area (Å²) in [5, 5.41) is 3.28. The first-order valence-corrected chi connectivity index (χ1v) is 7.42. The summed E-state index contributed by atoms with van der Waals surface area (Å²) in [6, 6.07) is -0.352. The van der Waals surface area contributed by atoms with E-state index in [9.17, 15) is 9.59 Å². The number of nitrogens with one attached hydrogen (secondary N) is 1. The summed E-state index contributed by atoms with van der Waals surface area (Å²) in [7, 11) is 4.08. The van der Waals surface area contributed by atoms with Crippen LogP contribution in [0.15, 0.2) is 0 Å². The molecule has 116 valence electrons. The molecule has 0 spiro atoms. The van der Waals surface area contributed by atoms with Crippen LogP contribution in [-0.4, -0.2) is 60.9 Å². The van der Waals surface area contributed by atoms with E-state index in [-0.39, 0.29) is 29.3 Å². The van der Waals surface area contributed by atoms with Gasteiger partial charge < -0.3 is 10.2 Å². The van der Waals surface area contributed by atoms with Crippen molar-refractivity contribution in [1.82, 2.24) is 15.1 Å². The molecule has 1 rings (SSSR count). The Morgan fingerprint density at radius 3 is 2.50 bits per heavy atom. The van der Waals surface area contributed by atoms with Crippen molar-refractivity contribution in [2.75, 3.05) is 27.2 Å². The third-order valence-corrected chi connectivity index (χ3v) is 3.79. The van der Waals surface area contributed by atoms with Crippen LogP contribution in [0, 0.1) is 5.41 Å². The fraction of sp³-hybridized carbons (Fsp3) is 0.867. The van der Waals surface area contributed by atoms with Gasteiger partial charge in [0.2, 0.25) is 11.8 Å². The predicted octanol–water partition coefficient (Wildman–Crippen LogP) is 1.09. The molecule has 0 bridgehead atoms. The first kappa shape index (κ1) is 17.1. The maximum absolute atomic E-state index is 12.3. The van der Waals surface area contributed by atoms with Crippen LogP contribution in [-0.2, 0) is 9.59 Å². The Bertz CT molecular complexity index is 366. The van der Waals surface area contributed by atoms with E-state index >= 15 is 0 Å². The molecule has 0 saturated carbocycles. The van der Waals surface area contributed by atoms with Crippen LogP contribution in [0.1, 0.15) is 40.5 Å². The maximum atomic E-state index is 12.3. The topological polar surface area (TPSA) is 52.7 Å². The van der Waals surface area contributed by atoms with Gasteiger partial charge >= 0.3 is 0 Å². The van der Waals surface area contributed by atoms with Gasteiger partial charge in [-0.2, -0.15) is 0 Å². The number of likely N-dealkylation sites (tertiary alicyclic amines) is 1. The normalized spacial score (nSPS) is 21.9. The first-order chi connectivity index (χ1) is 9.18. The second kappa shape index (κ2) is 6.68. The van der Waals surface area contributed by atoms with E-state index in [0.29, 0.717) is 6.42 Å². The average Bonchev–Trinajstić information content (AvgIpc) is 2.59. The number of carbonyl (C=O) groups excluding carboxylic acids is 2. The van der Waals surface area contributed by atoms with Gasteiger partial charge in [-0.05, 0) is 32.9 Å². The lowest BCUT2D eigenvalue weighted by atomic mass is 9.92. The Morgan fingerprint density at radius 1 is 1.40 bits per heavy atom. The Labute approximate surface area is 122 Å². The van der Waals surface area contributed by atoms with Crippen molar-refractivity contribution in [2.45, 2.75) is 52.6 Å². The van der Waals surface area contributed by atoms with Crippen molar-refractivity contribution in [3.8, 4) is 0 Å². The van der Waals surface area contributed by atoms with E-state index in [4.69, 9.17) is 0 Å². The predicted molar refractivity (Wildman–Crippen MR) is 80.3 cm³/mol. The molecule has 5 nitrogen and oxygen atoms in total. The summed E-state index contributed by atoms with van der Waals surface area (Å²) < 4.78 is 0. The molecule has 20 heavy (non-hydrogen) atoms. The smallest absolute Gasteiger partial charge is 0.247 e. The lowest BCUT2D eigenvalue weighted by molar-refractivity contribution is -0.141. The highest BCUT2D eigenvalue weighted by Crippen LogP contribution is 2.20. The first-order valence-electron chi connectivity index (χ1n) is 7.42. The highest BCUT2D eigenvalue weighted by atomic mass is 16.2.